The molecule has 0 bridgehead atoms. The summed E-state index contributed by atoms with van der Waals surface area (Å²) in [6.07, 6.45) is 1.19. The van der Waals surface area contributed by atoms with E-state index in [2.05, 4.69) is 20.2 Å². The fourth-order valence-electron chi connectivity index (χ4n) is 2.77. The molecule has 1 aromatic carbocycles. The quantitative estimate of drug-likeness (QED) is 0.823. The summed E-state index contributed by atoms with van der Waals surface area (Å²) in [5.74, 6) is 0.405. The zero-order valence-electron chi connectivity index (χ0n) is 15.0. The Morgan fingerprint density at radius 3 is 2.48 bits per heavy atom. The van der Waals surface area contributed by atoms with Gasteiger partial charge in [-0.2, -0.15) is 0 Å². The van der Waals surface area contributed by atoms with Gasteiger partial charge in [0, 0.05) is 37.9 Å². The molecule has 2 aromatic rings. The third-order valence-electron chi connectivity index (χ3n) is 4.19. The highest BCUT2D eigenvalue weighted by Crippen LogP contribution is 2.20. The second kappa shape index (κ2) is 8.35. The van der Waals surface area contributed by atoms with Crippen LogP contribution < -0.4 is 10.2 Å². The number of carboxylic acid groups (broad SMARTS) is 1. The Bertz CT molecular complexity index is 804. The number of carbonyl (C=O) groups is 2. The molecule has 0 radical (unpaired) electrons. The maximum Gasteiger partial charge on any atom is 0.409 e. The topological polar surface area (TPSA) is 108 Å². The highest BCUT2D eigenvalue weighted by molar-refractivity contribution is 5.88. The zero-order valence-corrected chi connectivity index (χ0v) is 15.0. The third kappa shape index (κ3) is 4.63. The van der Waals surface area contributed by atoms with Crippen LogP contribution in [0.25, 0.3) is 0 Å². The van der Waals surface area contributed by atoms with E-state index in [0.717, 1.165) is 11.5 Å². The Morgan fingerprint density at radius 2 is 1.85 bits per heavy atom. The van der Waals surface area contributed by atoms with E-state index in [0.29, 0.717) is 38.6 Å². The summed E-state index contributed by atoms with van der Waals surface area (Å²) in [5.41, 5.74) is 0.958. The molecule has 0 aliphatic carbocycles. The second-order valence-electron chi connectivity index (χ2n) is 5.94. The van der Waals surface area contributed by atoms with Crippen molar-refractivity contribution in [2.24, 2.45) is 0 Å². The first-order valence-corrected chi connectivity index (χ1v) is 8.66. The maximum absolute atomic E-state index is 11.8. The molecule has 1 amide bonds. The highest BCUT2D eigenvalue weighted by Gasteiger charge is 2.22. The van der Waals surface area contributed by atoms with Crippen LogP contribution in [-0.4, -0.2) is 64.8 Å². The van der Waals surface area contributed by atoms with Gasteiger partial charge in [-0.15, -0.1) is 0 Å². The fraction of sp³-hybridized carbons (Fsp3) is 0.333. The van der Waals surface area contributed by atoms with Crippen molar-refractivity contribution < 1.29 is 19.4 Å². The van der Waals surface area contributed by atoms with Crippen LogP contribution in [0.5, 0.6) is 0 Å². The smallest absolute Gasteiger partial charge is 0.409 e. The molecule has 2 heterocycles. The van der Waals surface area contributed by atoms with Crippen LogP contribution in [0.15, 0.2) is 36.7 Å². The third-order valence-corrected chi connectivity index (χ3v) is 4.19. The number of rotatable bonds is 5. The number of carbonyl (C=O) groups excluding carboxylic acids is 1. The lowest BCUT2D eigenvalue weighted by Gasteiger charge is -2.34. The van der Waals surface area contributed by atoms with E-state index in [1.54, 1.807) is 24.0 Å². The molecular formula is C18H21N5O4. The Morgan fingerprint density at radius 1 is 1.15 bits per heavy atom. The Kier molecular flexibility index (Phi) is 5.70. The standard InChI is InChI=1S/C18H21N5O4/c1-2-27-18(26)23-9-7-22(8-10-23)16-11-15(19-12-20-16)21-14-5-3-13(4-6-14)17(24)25/h3-6,11-12H,2,7-10H2,1H3,(H,24,25)(H,19,20,21). The molecule has 0 saturated carbocycles. The van der Waals surface area contributed by atoms with Gasteiger partial charge in [0.2, 0.25) is 0 Å². The van der Waals surface area contributed by atoms with Crippen molar-refractivity contribution in [3.05, 3.63) is 42.2 Å². The van der Waals surface area contributed by atoms with E-state index < -0.39 is 5.97 Å². The summed E-state index contributed by atoms with van der Waals surface area (Å²) in [4.78, 5) is 35.0. The number of anilines is 3. The molecule has 0 unspecified atom stereocenters. The van der Waals surface area contributed by atoms with Gasteiger partial charge in [0.15, 0.2) is 0 Å². The average Bonchev–Trinajstić information content (AvgIpc) is 2.69. The Balaban J connectivity index is 1.62. The number of nitrogens with zero attached hydrogens (tertiary/aromatic N) is 4. The maximum atomic E-state index is 11.8. The molecule has 1 saturated heterocycles. The number of aromatic nitrogens is 2. The van der Waals surface area contributed by atoms with Crippen molar-refractivity contribution in [3.8, 4) is 0 Å². The van der Waals surface area contributed by atoms with Crippen LogP contribution in [0, 0.1) is 0 Å². The number of nitrogens with one attached hydrogen (secondary N) is 1. The van der Waals surface area contributed by atoms with E-state index in [4.69, 9.17) is 9.84 Å². The molecular weight excluding hydrogens is 350 g/mol. The summed E-state index contributed by atoms with van der Waals surface area (Å²) in [6.45, 7) is 4.61. The predicted octanol–water partition coefficient (Wildman–Crippen LogP) is 2.20. The first kappa shape index (κ1) is 18.4. The summed E-state index contributed by atoms with van der Waals surface area (Å²) >= 11 is 0. The highest BCUT2D eigenvalue weighted by atomic mass is 16.6. The van der Waals surface area contributed by atoms with Gasteiger partial charge < -0.3 is 25.0 Å². The van der Waals surface area contributed by atoms with E-state index in [1.807, 2.05) is 6.07 Å². The lowest BCUT2D eigenvalue weighted by Crippen LogP contribution is -2.49. The van der Waals surface area contributed by atoms with Gasteiger partial charge in [-0.3, -0.25) is 0 Å². The summed E-state index contributed by atoms with van der Waals surface area (Å²) < 4.78 is 5.03. The monoisotopic (exact) mass is 371 g/mol. The van der Waals surface area contributed by atoms with Crippen molar-refractivity contribution in [1.29, 1.82) is 0 Å². The van der Waals surface area contributed by atoms with Crippen molar-refractivity contribution >= 4 is 29.4 Å². The second-order valence-corrected chi connectivity index (χ2v) is 5.94. The first-order valence-electron chi connectivity index (χ1n) is 8.66. The van der Waals surface area contributed by atoms with E-state index in [-0.39, 0.29) is 11.7 Å². The molecule has 3 rings (SSSR count). The molecule has 0 atom stereocenters. The minimum atomic E-state index is -0.965. The summed E-state index contributed by atoms with van der Waals surface area (Å²) in [6, 6.07) is 8.25. The van der Waals surface area contributed by atoms with Crippen LogP contribution in [0.2, 0.25) is 0 Å². The zero-order chi connectivity index (χ0) is 19.2. The molecule has 1 aliphatic heterocycles. The van der Waals surface area contributed by atoms with Crippen LogP contribution in [0.4, 0.5) is 22.1 Å². The number of hydrogen-bond acceptors (Lipinski definition) is 7. The van der Waals surface area contributed by atoms with Gasteiger partial charge in [0.05, 0.1) is 12.2 Å². The number of benzene rings is 1. The van der Waals surface area contributed by atoms with E-state index in [1.165, 1.54) is 18.5 Å². The Hall–Kier alpha value is -3.36. The number of piperazine rings is 1. The van der Waals surface area contributed by atoms with Gasteiger partial charge >= 0.3 is 12.1 Å². The van der Waals surface area contributed by atoms with Crippen LogP contribution in [0.3, 0.4) is 0 Å². The van der Waals surface area contributed by atoms with Crippen molar-refractivity contribution in [1.82, 2.24) is 14.9 Å². The van der Waals surface area contributed by atoms with Gasteiger partial charge in [-0.25, -0.2) is 19.6 Å². The number of ether oxygens (including phenoxy) is 1. The van der Waals surface area contributed by atoms with Crippen molar-refractivity contribution in [2.75, 3.05) is 43.0 Å². The molecule has 9 heteroatoms. The minimum Gasteiger partial charge on any atom is -0.478 e. The molecule has 9 nitrogen and oxygen atoms in total. The SMILES string of the molecule is CCOC(=O)N1CCN(c2cc(Nc3ccc(C(=O)O)cc3)ncn2)CC1. The molecule has 142 valence electrons. The number of hydrogen-bond donors (Lipinski definition) is 2. The molecule has 2 N–H and O–H groups in total. The molecule has 1 aromatic heterocycles. The molecule has 1 fully saturated rings. The molecule has 27 heavy (non-hydrogen) atoms. The van der Waals surface area contributed by atoms with Crippen LogP contribution >= 0.6 is 0 Å². The Labute approximate surface area is 156 Å². The average molecular weight is 371 g/mol. The lowest BCUT2D eigenvalue weighted by atomic mass is 10.2. The van der Waals surface area contributed by atoms with Gasteiger partial charge in [-0.1, -0.05) is 0 Å². The van der Waals surface area contributed by atoms with Crippen LogP contribution in [-0.2, 0) is 4.74 Å². The first-order chi connectivity index (χ1) is 13.1. The predicted molar refractivity (Wildman–Crippen MR) is 99.5 cm³/mol. The number of amides is 1. The van der Waals surface area contributed by atoms with E-state index in [9.17, 15) is 9.59 Å². The normalized spacial score (nSPS) is 14.0. The van der Waals surface area contributed by atoms with Crippen LogP contribution in [0.1, 0.15) is 17.3 Å². The number of carboxylic acids is 1. The summed E-state index contributed by atoms with van der Waals surface area (Å²) in [7, 11) is 0. The van der Waals surface area contributed by atoms with E-state index >= 15 is 0 Å². The summed E-state index contributed by atoms with van der Waals surface area (Å²) in [5, 5.41) is 12.1. The number of aromatic carboxylic acids is 1. The van der Waals surface area contributed by atoms with Crippen molar-refractivity contribution in [2.45, 2.75) is 6.92 Å². The van der Waals surface area contributed by atoms with Gasteiger partial charge in [-0.05, 0) is 31.2 Å². The molecule has 0 spiro atoms. The van der Waals surface area contributed by atoms with Gasteiger partial charge in [0.25, 0.3) is 0 Å². The molecule has 1 aliphatic rings. The lowest BCUT2D eigenvalue weighted by molar-refractivity contribution is 0.0696. The minimum absolute atomic E-state index is 0.225. The fourth-order valence-corrected chi connectivity index (χ4v) is 2.77. The van der Waals surface area contributed by atoms with Crippen molar-refractivity contribution in [3.63, 3.8) is 0 Å². The van der Waals surface area contributed by atoms with Gasteiger partial charge in [0.1, 0.15) is 18.0 Å². The largest absolute Gasteiger partial charge is 0.478 e.